The lowest BCUT2D eigenvalue weighted by Gasteiger charge is -2.37. The van der Waals surface area contributed by atoms with Gasteiger partial charge in [-0.1, -0.05) is 67.8 Å². The highest BCUT2D eigenvalue weighted by atomic mass is 35.5. The van der Waals surface area contributed by atoms with Crippen LogP contribution in [0.1, 0.15) is 68.8 Å². The molecule has 1 atom stereocenters. The summed E-state index contributed by atoms with van der Waals surface area (Å²) in [6.45, 7) is 11.6. The number of pyridine rings is 1. The summed E-state index contributed by atoms with van der Waals surface area (Å²) in [6, 6.07) is 19.3. The number of benzene rings is 2. The normalized spacial score (nSPS) is 17.8. The van der Waals surface area contributed by atoms with Crippen molar-refractivity contribution in [3.8, 4) is 11.3 Å². The number of carbonyl (C=O) groups excluding carboxylic acids is 1. The molecule has 39 heavy (non-hydrogen) atoms. The average Bonchev–Trinajstić information content (AvgIpc) is 2.93. The summed E-state index contributed by atoms with van der Waals surface area (Å²) in [7, 11) is 0. The van der Waals surface area contributed by atoms with E-state index in [4.69, 9.17) is 4.98 Å². The van der Waals surface area contributed by atoms with Crippen LogP contribution in [-0.4, -0.2) is 59.0 Å². The Morgan fingerprint density at radius 1 is 0.897 bits per heavy atom. The summed E-state index contributed by atoms with van der Waals surface area (Å²) < 4.78 is 0. The molecule has 7 heteroatoms. The molecule has 2 aliphatic rings. The first kappa shape index (κ1) is 31.3. The highest BCUT2D eigenvalue weighted by Crippen LogP contribution is 2.33. The molecule has 1 amide bonds. The molecule has 2 aromatic carbocycles. The Morgan fingerprint density at radius 3 is 2.21 bits per heavy atom. The minimum absolute atomic E-state index is 0. The van der Waals surface area contributed by atoms with E-state index < -0.39 is 0 Å². The lowest BCUT2D eigenvalue weighted by Crippen LogP contribution is -2.48. The number of halogens is 2. The number of para-hydroxylation sites is 1. The fraction of sp³-hybridized carbons (Fsp3) is 0.500. The number of rotatable bonds is 7. The van der Waals surface area contributed by atoms with Crippen molar-refractivity contribution >= 4 is 41.6 Å². The molecule has 0 bridgehead atoms. The van der Waals surface area contributed by atoms with Gasteiger partial charge in [-0.05, 0) is 45.6 Å². The molecule has 0 unspecified atom stereocenters. The van der Waals surface area contributed by atoms with Gasteiger partial charge in [0.25, 0.3) is 5.91 Å². The molecule has 1 saturated heterocycles. The molecule has 1 aromatic heterocycles. The van der Waals surface area contributed by atoms with Crippen LogP contribution in [0.3, 0.4) is 0 Å². The van der Waals surface area contributed by atoms with Crippen LogP contribution < -0.4 is 5.32 Å². The molecule has 1 aliphatic carbocycles. The minimum Gasteiger partial charge on any atom is -0.349 e. The number of piperazine rings is 1. The molecule has 2 fully saturated rings. The molecular formula is C32H44Cl2N4O. The molecule has 1 N–H and O–H groups in total. The van der Waals surface area contributed by atoms with E-state index in [2.05, 4.69) is 66.2 Å². The van der Waals surface area contributed by atoms with Gasteiger partial charge in [0.1, 0.15) is 0 Å². The number of nitrogens with zero attached hydrogens (tertiary/aromatic N) is 3. The Morgan fingerprint density at radius 2 is 1.54 bits per heavy atom. The maximum Gasteiger partial charge on any atom is 0.252 e. The molecule has 2 heterocycles. The van der Waals surface area contributed by atoms with Crippen molar-refractivity contribution in [1.29, 1.82) is 0 Å². The summed E-state index contributed by atoms with van der Waals surface area (Å²) in [5, 5.41) is 4.39. The first-order valence-corrected chi connectivity index (χ1v) is 14.3. The molecule has 0 radical (unpaired) electrons. The molecule has 5 nitrogen and oxygen atoms in total. The average molecular weight is 572 g/mol. The summed E-state index contributed by atoms with van der Waals surface area (Å²) in [4.78, 5) is 24.3. The fourth-order valence-electron chi connectivity index (χ4n) is 6.19. The van der Waals surface area contributed by atoms with Crippen LogP contribution in [-0.2, 0) is 6.54 Å². The molecular weight excluding hydrogens is 527 g/mol. The van der Waals surface area contributed by atoms with Crippen molar-refractivity contribution in [3.63, 3.8) is 0 Å². The van der Waals surface area contributed by atoms with E-state index in [1.807, 2.05) is 24.3 Å². The van der Waals surface area contributed by atoms with Crippen molar-refractivity contribution in [2.45, 2.75) is 71.5 Å². The first-order valence-electron chi connectivity index (χ1n) is 14.3. The zero-order chi connectivity index (χ0) is 25.8. The van der Waals surface area contributed by atoms with Crippen LogP contribution in [0.4, 0.5) is 0 Å². The van der Waals surface area contributed by atoms with E-state index in [9.17, 15) is 4.79 Å². The van der Waals surface area contributed by atoms with Gasteiger partial charge < -0.3 is 5.32 Å². The maximum absolute atomic E-state index is 14.1. The van der Waals surface area contributed by atoms with Gasteiger partial charge in [0.15, 0.2) is 0 Å². The Balaban J connectivity index is 0.00000210. The van der Waals surface area contributed by atoms with Crippen molar-refractivity contribution in [2.75, 3.05) is 26.2 Å². The topological polar surface area (TPSA) is 48.5 Å². The quantitative estimate of drug-likeness (QED) is 0.333. The Bertz CT molecular complexity index is 1210. The third-order valence-corrected chi connectivity index (χ3v) is 8.50. The van der Waals surface area contributed by atoms with Gasteiger partial charge in [-0.25, -0.2) is 4.98 Å². The number of fused-ring (bicyclic) bond motifs is 1. The highest BCUT2D eigenvalue weighted by molar-refractivity contribution is 6.09. The second-order valence-corrected chi connectivity index (χ2v) is 11.3. The van der Waals surface area contributed by atoms with Crippen LogP contribution in [0, 0.1) is 5.92 Å². The van der Waals surface area contributed by atoms with Crippen LogP contribution in [0.15, 0.2) is 54.6 Å². The predicted molar refractivity (Wildman–Crippen MR) is 167 cm³/mol. The summed E-state index contributed by atoms with van der Waals surface area (Å²) in [6.07, 6.45) is 6.28. The van der Waals surface area contributed by atoms with E-state index in [-0.39, 0.29) is 36.8 Å². The standard InChI is InChI=1S/C32H42N4O.2ClH/c1-23(2)36-20-18-35(19-21-36)22-28-30(32(37)33-24(3)25-12-6-4-7-13-25)27-16-10-11-17-29(27)34-31(28)26-14-8-5-9-15-26;;/h5,8-11,14-17,23-25H,4,6-7,12-13,18-22H2,1-3H3,(H,33,37);2*1H/t24-;;/m0../s1. The smallest absolute Gasteiger partial charge is 0.252 e. The van der Waals surface area contributed by atoms with E-state index >= 15 is 0 Å². The summed E-state index contributed by atoms with van der Waals surface area (Å²) in [5.41, 5.74) is 4.74. The van der Waals surface area contributed by atoms with Crippen molar-refractivity contribution in [3.05, 3.63) is 65.7 Å². The highest BCUT2D eigenvalue weighted by Gasteiger charge is 2.28. The molecule has 3 aromatic rings. The van der Waals surface area contributed by atoms with Crippen molar-refractivity contribution in [2.24, 2.45) is 5.92 Å². The minimum atomic E-state index is 0. The predicted octanol–water partition coefficient (Wildman–Crippen LogP) is 6.97. The molecule has 1 aliphatic heterocycles. The summed E-state index contributed by atoms with van der Waals surface area (Å²) in [5.74, 6) is 0.608. The number of aromatic nitrogens is 1. The van der Waals surface area contributed by atoms with Gasteiger partial charge in [0.05, 0.1) is 16.8 Å². The number of hydrogen-bond donors (Lipinski definition) is 1. The van der Waals surface area contributed by atoms with Gasteiger partial charge in [-0.15, -0.1) is 24.8 Å². The van der Waals surface area contributed by atoms with Gasteiger partial charge in [0.2, 0.25) is 0 Å². The van der Waals surface area contributed by atoms with Gasteiger partial charge >= 0.3 is 0 Å². The number of carbonyl (C=O) groups is 1. The monoisotopic (exact) mass is 570 g/mol. The second-order valence-electron chi connectivity index (χ2n) is 11.3. The molecule has 0 spiro atoms. The Hall–Kier alpha value is -2.18. The number of amides is 1. The van der Waals surface area contributed by atoms with Crippen molar-refractivity contribution in [1.82, 2.24) is 20.1 Å². The SMILES string of the molecule is CC(C)N1CCN(Cc2c(-c3ccccc3)nc3ccccc3c2C(=O)N[C@@H](C)C2CCCCC2)CC1.Cl.Cl. The van der Waals surface area contributed by atoms with Crippen LogP contribution in [0.25, 0.3) is 22.2 Å². The van der Waals surface area contributed by atoms with E-state index in [0.717, 1.165) is 66.0 Å². The Kier molecular flexibility index (Phi) is 11.6. The maximum atomic E-state index is 14.1. The first-order chi connectivity index (χ1) is 18.0. The van der Waals surface area contributed by atoms with Gasteiger partial charge in [0, 0.05) is 61.3 Å². The lowest BCUT2D eigenvalue weighted by atomic mass is 9.84. The van der Waals surface area contributed by atoms with E-state index in [0.29, 0.717) is 12.0 Å². The van der Waals surface area contributed by atoms with Gasteiger partial charge in [-0.3, -0.25) is 14.6 Å². The fourth-order valence-corrected chi connectivity index (χ4v) is 6.19. The largest absolute Gasteiger partial charge is 0.349 e. The Labute approximate surface area is 246 Å². The second kappa shape index (κ2) is 14.5. The number of nitrogens with one attached hydrogen (secondary N) is 1. The van der Waals surface area contributed by atoms with Gasteiger partial charge in [-0.2, -0.15) is 0 Å². The lowest BCUT2D eigenvalue weighted by molar-refractivity contribution is 0.0912. The number of hydrogen-bond acceptors (Lipinski definition) is 4. The van der Waals surface area contributed by atoms with Crippen LogP contribution in [0.5, 0.6) is 0 Å². The zero-order valence-corrected chi connectivity index (χ0v) is 25.2. The van der Waals surface area contributed by atoms with Crippen molar-refractivity contribution < 1.29 is 4.79 Å². The van der Waals surface area contributed by atoms with Crippen LogP contribution >= 0.6 is 24.8 Å². The summed E-state index contributed by atoms with van der Waals surface area (Å²) >= 11 is 0. The third-order valence-electron chi connectivity index (χ3n) is 8.50. The zero-order valence-electron chi connectivity index (χ0n) is 23.6. The third kappa shape index (κ3) is 7.32. The molecule has 5 rings (SSSR count). The molecule has 1 saturated carbocycles. The van der Waals surface area contributed by atoms with E-state index in [1.165, 1.54) is 32.1 Å². The van der Waals surface area contributed by atoms with Crippen LogP contribution in [0.2, 0.25) is 0 Å². The molecule has 212 valence electrons. The van der Waals surface area contributed by atoms with E-state index in [1.54, 1.807) is 0 Å².